The fraction of sp³-hybridized carbons (Fsp3) is 0.261. The minimum Gasteiger partial charge on any atom is -0.481 e. The summed E-state index contributed by atoms with van der Waals surface area (Å²) in [5.74, 6) is -0.659. The smallest absolute Gasteiger partial charge is 0.303 e. The van der Waals surface area contributed by atoms with Crippen LogP contribution in [0.4, 0.5) is 4.39 Å². The summed E-state index contributed by atoms with van der Waals surface area (Å²) < 4.78 is 13.8. The quantitative estimate of drug-likeness (QED) is 0.703. The molecule has 0 radical (unpaired) electrons. The Morgan fingerprint density at radius 3 is 2.42 bits per heavy atom. The Bertz CT molecular complexity index is 902. The van der Waals surface area contributed by atoms with Gasteiger partial charge in [-0.3, -0.25) is 4.79 Å². The van der Waals surface area contributed by atoms with Crippen LogP contribution in [-0.2, 0) is 4.79 Å². The molecule has 0 saturated heterocycles. The predicted molar refractivity (Wildman–Crippen MR) is 104 cm³/mol. The number of halogens is 1. The Balaban J connectivity index is 2.04. The van der Waals surface area contributed by atoms with Crippen molar-refractivity contribution in [2.24, 2.45) is 0 Å². The maximum absolute atomic E-state index is 13.8. The van der Waals surface area contributed by atoms with Crippen LogP contribution in [0.15, 0.2) is 48.0 Å². The van der Waals surface area contributed by atoms with E-state index < -0.39 is 5.97 Å². The molecule has 1 aliphatic carbocycles. The zero-order chi connectivity index (χ0) is 18.8. The van der Waals surface area contributed by atoms with E-state index in [1.807, 2.05) is 6.92 Å². The van der Waals surface area contributed by atoms with E-state index in [-0.39, 0.29) is 12.2 Å². The van der Waals surface area contributed by atoms with Crippen LogP contribution in [0.1, 0.15) is 61.8 Å². The molecule has 2 aromatic rings. The number of allylic oxidation sites excluding steroid dienone is 3. The Labute approximate surface area is 153 Å². The fourth-order valence-electron chi connectivity index (χ4n) is 3.45. The number of benzene rings is 2. The SMILES string of the molecule is CC1=C(CCC(=O)O)c2cc(F)ccc2C1=Cc1ccc(C(C)C)cc1. The Hall–Kier alpha value is -2.68. The molecule has 0 amide bonds. The second-order valence-corrected chi connectivity index (χ2v) is 7.07. The first-order valence-electron chi connectivity index (χ1n) is 8.90. The first-order chi connectivity index (χ1) is 12.4. The lowest BCUT2D eigenvalue weighted by atomic mass is 9.98. The Morgan fingerprint density at radius 1 is 1.12 bits per heavy atom. The normalized spacial score (nSPS) is 15.0. The molecule has 0 spiro atoms. The molecule has 0 fully saturated rings. The van der Waals surface area contributed by atoms with Gasteiger partial charge in [0.25, 0.3) is 0 Å². The highest BCUT2D eigenvalue weighted by Gasteiger charge is 2.24. The number of hydrogen-bond donors (Lipinski definition) is 1. The second kappa shape index (κ2) is 7.28. The van der Waals surface area contributed by atoms with Crippen molar-refractivity contribution in [1.82, 2.24) is 0 Å². The molecule has 0 unspecified atom stereocenters. The summed E-state index contributed by atoms with van der Waals surface area (Å²) in [6, 6.07) is 13.2. The summed E-state index contributed by atoms with van der Waals surface area (Å²) in [5.41, 5.74) is 7.14. The second-order valence-electron chi connectivity index (χ2n) is 7.07. The molecule has 0 bridgehead atoms. The number of hydrogen-bond acceptors (Lipinski definition) is 1. The molecule has 0 heterocycles. The maximum atomic E-state index is 13.8. The van der Waals surface area contributed by atoms with E-state index in [2.05, 4.69) is 44.2 Å². The van der Waals surface area contributed by atoms with E-state index in [9.17, 15) is 9.18 Å². The molecule has 0 aromatic heterocycles. The largest absolute Gasteiger partial charge is 0.481 e. The van der Waals surface area contributed by atoms with Gasteiger partial charge in [0.1, 0.15) is 5.82 Å². The molecule has 1 N–H and O–H groups in total. The van der Waals surface area contributed by atoms with E-state index in [1.54, 1.807) is 6.07 Å². The summed E-state index contributed by atoms with van der Waals surface area (Å²) in [6.45, 7) is 6.32. The molecule has 0 saturated carbocycles. The third-order valence-electron chi connectivity index (χ3n) is 4.96. The lowest BCUT2D eigenvalue weighted by Gasteiger charge is -2.07. The number of carboxylic acids is 1. The van der Waals surface area contributed by atoms with E-state index in [0.29, 0.717) is 12.3 Å². The number of carboxylic acid groups (broad SMARTS) is 1. The van der Waals surface area contributed by atoms with Crippen molar-refractivity contribution in [1.29, 1.82) is 0 Å². The van der Waals surface area contributed by atoms with Crippen molar-refractivity contribution in [3.63, 3.8) is 0 Å². The molecular formula is C23H23FO2. The first-order valence-corrected chi connectivity index (χ1v) is 8.90. The summed E-state index contributed by atoms with van der Waals surface area (Å²) in [7, 11) is 0. The maximum Gasteiger partial charge on any atom is 0.303 e. The van der Waals surface area contributed by atoms with Crippen molar-refractivity contribution in [2.45, 2.75) is 39.5 Å². The molecule has 3 rings (SSSR count). The van der Waals surface area contributed by atoms with Crippen LogP contribution < -0.4 is 0 Å². The lowest BCUT2D eigenvalue weighted by Crippen LogP contribution is -1.95. The average Bonchev–Trinajstić information content (AvgIpc) is 2.84. The number of rotatable bonds is 5. The topological polar surface area (TPSA) is 37.3 Å². The minimum absolute atomic E-state index is 0.0407. The van der Waals surface area contributed by atoms with Crippen LogP contribution in [0.2, 0.25) is 0 Å². The molecule has 0 atom stereocenters. The number of fused-ring (bicyclic) bond motifs is 1. The van der Waals surface area contributed by atoms with Gasteiger partial charge in [-0.1, -0.05) is 44.2 Å². The summed E-state index contributed by atoms with van der Waals surface area (Å²) >= 11 is 0. The third kappa shape index (κ3) is 3.62. The standard InChI is InChI=1S/C23H23FO2/c1-14(2)17-6-4-16(5-7-17)12-21-15(3)19(10-11-23(25)26)22-13-18(24)8-9-20(21)22/h4-9,12-14H,10-11H2,1-3H3,(H,25,26). The molecule has 2 aromatic carbocycles. The molecule has 2 nitrogen and oxygen atoms in total. The van der Waals surface area contributed by atoms with Crippen LogP contribution in [0.25, 0.3) is 17.2 Å². The van der Waals surface area contributed by atoms with Gasteiger partial charge in [-0.05, 0) is 76.4 Å². The van der Waals surface area contributed by atoms with Gasteiger partial charge in [0.2, 0.25) is 0 Å². The van der Waals surface area contributed by atoms with Gasteiger partial charge in [0.15, 0.2) is 0 Å². The number of aliphatic carboxylic acids is 1. The van der Waals surface area contributed by atoms with Crippen molar-refractivity contribution in [3.8, 4) is 0 Å². The van der Waals surface area contributed by atoms with Crippen molar-refractivity contribution in [2.75, 3.05) is 0 Å². The fourth-order valence-corrected chi connectivity index (χ4v) is 3.45. The monoisotopic (exact) mass is 350 g/mol. The third-order valence-corrected chi connectivity index (χ3v) is 4.96. The molecule has 0 aliphatic heterocycles. The predicted octanol–water partition coefficient (Wildman–Crippen LogP) is 6.14. The van der Waals surface area contributed by atoms with E-state index >= 15 is 0 Å². The van der Waals surface area contributed by atoms with Gasteiger partial charge in [-0.25, -0.2) is 4.39 Å². The van der Waals surface area contributed by atoms with E-state index in [0.717, 1.165) is 33.4 Å². The minimum atomic E-state index is -0.843. The molecule has 3 heteroatoms. The number of carbonyl (C=O) groups is 1. The average molecular weight is 350 g/mol. The molecule has 1 aliphatic rings. The van der Waals surface area contributed by atoms with E-state index in [1.165, 1.54) is 17.7 Å². The first kappa shape index (κ1) is 18.1. The molecular weight excluding hydrogens is 327 g/mol. The zero-order valence-corrected chi connectivity index (χ0v) is 15.3. The van der Waals surface area contributed by atoms with Crippen LogP contribution in [0, 0.1) is 5.82 Å². The van der Waals surface area contributed by atoms with Crippen molar-refractivity contribution in [3.05, 3.63) is 76.1 Å². The van der Waals surface area contributed by atoms with Gasteiger partial charge in [0.05, 0.1) is 0 Å². The van der Waals surface area contributed by atoms with Gasteiger partial charge < -0.3 is 5.11 Å². The molecule has 134 valence electrons. The van der Waals surface area contributed by atoms with Crippen LogP contribution in [0.5, 0.6) is 0 Å². The van der Waals surface area contributed by atoms with Crippen molar-refractivity contribution < 1.29 is 14.3 Å². The summed E-state index contributed by atoms with van der Waals surface area (Å²) in [4.78, 5) is 11.0. The van der Waals surface area contributed by atoms with Gasteiger partial charge >= 0.3 is 5.97 Å². The zero-order valence-electron chi connectivity index (χ0n) is 15.3. The van der Waals surface area contributed by atoms with Gasteiger partial charge in [-0.2, -0.15) is 0 Å². The highest BCUT2D eigenvalue weighted by atomic mass is 19.1. The van der Waals surface area contributed by atoms with Gasteiger partial charge in [0, 0.05) is 6.42 Å². The Morgan fingerprint density at radius 2 is 1.81 bits per heavy atom. The van der Waals surface area contributed by atoms with Crippen molar-refractivity contribution >= 4 is 23.2 Å². The van der Waals surface area contributed by atoms with Crippen LogP contribution in [0.3, 0.4) is 0 Å². The van der Waals surface area contributed by atoms with Gasteiger partial charge in [-0.15, -0.1) is 0 Å². The highest BCUT2D eigenvalue weighted by molar-refractivity contribution is 6.05. The van der Waals surface area contributed by atoms with Crippen LogP contribution in [-0.4, -0.2) is 11.1 Å². The van der Waals surface area contributed by atoms with Crippen LogP contribution >= 0.6 is 0 Å². The molecule has 26 heavy (non-hydrogen) atoms. The summed E-state index contributed by atoms with van der Waals surface area (Å²) in [6.07, 6.45) is 2.55. The Kier molecular flexibility index (Phi) is 5.08. The summed E-state index contributed by atoms with van der Waals surface area (Å²) in [5, 5.41) is 9.02. The van der Waals surface area contributed by atoms with E-state index in [4.69, 9.17) is 5.11 Å². The highest BCUT2D eigenvalue weighted by Crippen LogP contribution is 2.44. The lowest BCUT2D eigenvalue weighted by molar-refractivity contribution is -0.136.